The number of benzene rings is 1. The molecule has 20 heavy (non-hydrogen) atoms. The van der Waals surface area contributed by atoms with Gasteiger partial charge in [0.25, 0.3) is 0 Å². The Hall–Kier alpha value is -0.860. The second kappa shape index (κ2) is 6.73. The van der Waals surface area contributed by atoms with Crippen molar-refractivity contribution in [1.29, 1.82) is 0 Å². The Labute approximate surface area is 123 Å². The van der Waals surface area contributed by atoms with Crippen molar-refractivity contribution in [2.45, 2.75) is 50.5 Å². The zero-order chi connectivity index (χ0) is 13.8. The molecule has 3 rings (SSSR count). The third-order valence-electron chi connectivity index (χ3n) is 5.07. The topological polar surface area (TPSA) is 15.3 Å². The monoisotopic (exact) mass is 272 g/mol. The van der Waals surface area contributed by atoms with Crippen LogP contribution in [0.1, 0.15) is 61.6 Å². The largest absolute Gasteiger partial charge is 0.310 e. The van der Waals surface area contributed by atoms with Crippen molar-refractivity contribution in [3.05, 3.63) is 35.4 Å². The minimum atomic E-state index is 0.598. The Bertz CT molecular complexity index is 423. The zero-order valence-corrected chi connectivity index (χ0v) is 12.8. The fourth-order valence-corrected chi connectivity index (χ4v) is 3.87. The van der Waals surface area contributed by atoms with Crippen LogP contribution >= 0.6 is 0 Å². The predicted octanol–water partition coefficient (Wildman–Crippen LogP) is 3.70. The van der Waals surface area contributed by atoms with Crippen LogP contribution in [0.3, 0.4) is 0 Å². The summed E-state index contributed by atoms with van der Waals surface area (Å²) in [6.45, 7) is 3.70. The number of likely N-dealkylation sites (tertiary alicyclic amines) is 1. The summed E-state index contributed by atoms with van der Waals surface area (Å²) in [5.41, 5.74) is 3.21. The predicted molar refractivity (Wildman–Crippen MR) is 85.1 cm³/mol. The molecule has 2 fully saturated rings. The number of nitrogens with one attached hydrogen (secondary N) is 1. The van der Waals surface area contributed by atoms with E-state index in [1.807, 2.05) is 0 Å². The van der Waals surface area contributed by atoms with Crippen LogP contribution in [0.25, 0.3) is 0 Å². The molecule has 2 nitrogen and oxygen atoms in total. The summed E-state index contributed by atoms with van der Waals surface area (Å²) in [6, 6.07) is 9.81. The number of hydrogen-bond donors (Lipinski definition) is 1. The molecule has 110 valence electrons. The summed E-state index contributed by atoms with van der Waals surface area (Å²) in [5, 5.41) is 3.73. The van der Waals surface area contributed by atoms with E-state index >= 15 is 0 Å². The first-order valence-corrected chi connectivity index (χ1v) is 8.35. The molecule has 0 aromatic heterocycles. The van der Waals surface area contributed by atoms with Crippen LogP contribution < -0.4 is 5.32 Å². The minimum absolute atomic E-state index is 0.598. The molecule has 2 aliphatic rings. The summed E-state index contributed by atoms with van der Waals surface area (Å²) in [4.78, 5) is 2.49. The van der Waals surface area contributed by atoms with Crippen molar-refractivity contribution in [3.8, 4) is 0 Å². The van der Waals surface area contributed by atoms with Crippen LogP contribution in [-0.2, 0) is 0 Å². The maximum absolute atomic E-state index is 3.73. The third kappa shape index (κ3) is 3.24. The summed E-state index contributed by atoms with van der Waals surface area (Å²) < 4.78 is 0. The summed E-state index contributed by atoms with van der Waals surface area (Å²) in [6.07, 6.45) is 8.04. The summed E-state index contributed by atoms with van der Waals surface area (Å²) in [5.74, 6) is 0.764. The smallest absolute Gasteiger partial charge is 0.0323 e. The van der Waals surface area contributed by atoms with Gasteiger partial charge in [0.1, 0.15) is 0 Å². The van der Waals surface area contributed by atoms with Crippen LogP contribution in [-0.4, -0.2) is 31.6 Å². The van der Waals surface area contributed by atoms with Gasteiger partial charge in [-0.05, 0) is 75.8 Å². The van der Waals surface area contributed by atoms with E-state index in [0.717, 1.165) is 5.92 Å². The Morgan fingerprint density at radius 1 is 0.950 bits per heavy atom. The Morgan fingerprint density at radius 2 is 1.80 bits per heavy atom. The molecule has 0 saturated carbocycles. The van der Waals surface area contributed by atoms with Gasteiger partial charge in [-0.3, -0.25) is 0 Å². The van der Waals surface area contributed by atoms with Gasteiger partial charge in [-0.25, -0.2) is 0 Å². The lowest BCUT2D eigenvalue weighted by molar-refractivity contribution is 0.347. The molecule has 2 heteroatoms. The van der Waals surface area contributed by atoms with E-state index < -0.39 is 0 Å². The van der Waals surface area contributed by atoms with Crippen LogP contribution in [0.15, 0.2) is 24.3 Å². The minimum Gasteiger partial charge on any atom is -0.310 e. The lowest BCUT2D eigenvalue weighted by Crippen LogP contribution is -2.28. The highest BCUT2D eigenvalue weighted by molar-refractivity contribution is 5.33. The molecule has 2 saturated heterocycles. The van der Waals surface area contributed by atoms with Crippen molar-refractivity contribution in [2.75, 3.05) is 26.7 Å². The lowest BCUT2D eigenvalue weighted by atomic mass is 9.84. The second-order valence-corrected chi connectivity index (χ2v) is 6.56. The number of piperidine rings is 1. The lowest BCUT2D eigenvalue weighted by Gasteiger charge is -2.28. The average molecular weight is 272 g/mol. The Balaban J connectivity index is 1.81. The highest BCUT2D eigenvalue weighted by atomic mass is 15.1. The SMILES string of the molecule is CN1CCCC(c2ccccc2C2CCCCN2)CC1. The fourth-order valence-electron chi connectivity index (χ4n) is 3.87. The van der Waals surface area contributed by atoms with E-state index in [4.69, 9.17) is 0 Å². The number of rotatable bonds is 2. The normalized spacial score (nSPS) is 29.1. The third-order valence-corrected chi connectivity index (χ3v) is 5.07. The van der Waals surface area contributed by atoms with E-state index in [9.17, 15) is 0 Å². The molecule has 0 spiro atoms. The van der Waals surface area contributed by atoms with Crippen LogP contribution in [0.4, 0.5) is 0 Å². The Kier molecular flexibility index (Phi) is 4.74. The van der Waals surface area contributed by atoms with Gasteiger partial charge in [0.15, 0.2) is 0 Å². The van der Waals surface area contributed by atoms with Crippen molar-refractivity contribution < 1.29 is 0 Å². The highest BCUT2D eigenvalue weighted by Gasteiger charge is 2.23. The van der Waals surface area contributed by atoms with Gasteiger partial charge in [0, 0.05) is 6.04 Å². The number of nitrogens with zero attached hydrogens (tertiary/aromatic N) is 1. The second-order valence-electron chi connectivity index (χ2n) is 6.56. The van der Waals surface area contributed by atoms with Gasteiger partial charge in [-0.1, -0.05) is 30.7 Å². The number of hydrogen-bond acceptors (Lipinski definition) is 2. The standard InChI is InChI=1S/C18H28N2/c1-20-13-6-7-15(11-14-20)16-8-2-3-9-17(16)18-10-4-5-12-19-18/h2-3,8-9,15,18-19H,4-7,10-14H2,1H3. The molecule has 0 aliphatic carbocycles. The highest BCUT2D eigenvalue weighted by Crippen LogP contribution is 2.34. The molecule has 0 amide bonds. The molecule has 1 aromatic carbocycles. The molecule has 2 heterocycles. The van der Waals surface area contributed by atoms with Gasteiger partial charge in [-0.2, -0.15) is 0 Å². The first-order chi connectivity index (χ1) is 9.84. The molecule has 2 unspecified atom stereocenters. The maximum atomic E-state index is 3.73. The van der Waals surface area contributed by atoms with Crippen molar-refractivity contribution in [2.24, 2.45) is 0 Å². The van der Waals surface area contributed by atoms with Crippen LogP contribution in [0, 0.1) is 0 Å². The van der Waals surface area contributed by atoms with E-state index in [1.165, 1.54) is 58.2 Å². The Morgan fingerprint density at radius 3 is 2.60 bits per heavy atom. The van der Waals surface area contributed by atoms with Crippen molar-refractivity contribution in [3.63, 3.8) is 0 Å². The molecule has 2 atom stereocenters. The first-order valence-electron chi connectivity index (χ1n) is 8.35. The summed E-state index contributed by atoms with van der Waals surface area (Å²) >= 11 is 0. The molecule has 2 aliphatic heterocycles. The van der Waals surface area contributed by atoms with Gasteiger partial charge in [-0.15, -0.1) is 0 Å². The van der Waals surface area contributed by atoms with Gasteiger partial charge < -0.3 is 10.2 Å². The van der Waals surface area contributed by atoms with E-state index in [0.29, 0.717) is 6.04 Å². The summed E-state index contributed by atoms with van der Waals surface area (Å²) in [7, 11) is 2.26. The molecular weight excluding hydrogens is 244 g/mol. The van der Waals surface area contributed by atoms with Crippen molar-refractivity contribution >= 4 is 0 Å². The van der Waals surface area contributed by atoms with Gasteiger partial charge >= 0.3 is 0 Å². The zero-order valence-electron chi connectivity index (χ0n) is 12.8. The van der Waals surface area contributed by atoms with Crippen LogP contribution in [0.5, 0.6) is 0 Å². The van der Waals surface area contributed by atoms with Gasteiger partial charge in [0.2, 0.25) is 0 Å². The van der Waals surface area contributed by atoms with E-state index in [-0.39, 0.29) is 0 Å². The fraction of sp³-hybridized carbons (Fsp3) is 0.667. The van der Waals surface area contributed by atoms with Gasteiger partial charge in [0.05, 0.1) is 0 Å². The molecular formula is C18H28N2. The first kappa shape index (κ1) is 14.1. The van der Waals surface area contributed by atoms with Crippen molar-refractivity contribution in [1.82, 2.24) is 10.2 Å². The van der Waals surface area contributed by atoms with E-state index in [2.05, 4.69) is 41.5 Å². The molecule has 0 bridgehead atoms. The molecule has 1 aromatic rings. The average Bonchev–Trinajstić information content (AvgIpc) is 2.73. The molecule has 0 radical (unpaired) electrons. The van der Waals surface area contributed by atoms with E-state index in [1.54, 1.807) is 11.1 Å². The molecule has 1 N–H and O–H groups in total. The van der Waals surface area contributed by atoms with Crippen LogP contribution in [0.2, 0.25) is 0 Å². The maximum Gasteiger partial charge on any atom is 0.0323 e. The quantitative estimate of drug-likeness (QED) is 0.883.